The van der Waals surface area contributed by atoms with Gasteiger partial charge in [-0.15, -0.1) is 12.4 Å². The fourth-order valence-corrected chi connectivity index (χ4v) is 2.41. The van der Waals surface area contributed by atoms with Crippen LogP contribution in [-0.2, 0) is 5.41 Å². The van der Waals surface area contributed by atoms with E-state index in [1.807, 2.05) is 42.6 Å². The molecule has 2 aromatic rings. The highest BCUT2D eigenvalue weighted by Gasteiger charge is 2.30. The monoisotopic (exact) mass is 288 g/mol. The molecule has 4 heteroatoms. The third kappa shape index (κ3) is 2.41. The smallest absolute Gasteiger partial charge is 0.211 e. The molecule has 0 aliphatic carbocycles. The van der Waals surface area contributed by atoms with Crippen LogP contribution in [0.4, 0.5) is 5.69 Å². The van der Waals surface area contributed by atoms with Crippen LogP contribution in [0.25, 0.3) is 0 Å². The molecule has 1 aliphatic rings. The Morgan fingerprint density at radius 3 is 2.65 bits per heavy atom. The van der Waals surface area contributed by atoms with E-state index in [0.717, 1.165) is 12.2 Å². The van der Waals surface area contributed by atoms with E-state index in [9.17, 15) is 4.79 Å². The Labute approximate surface area is 124 Å². The average Bonchev–Trinajstić information content (AvgIpc) is 2.74. The van der Waals surface area contributed by atoms with Crippen LogP contribution in [0.2, 0.25) is 0 Å². The summed E-state index contributed by atoms with van der Waals surface area (Å²) in [7, 11) is 0. The molecule has 1 aromatic carbocycles. The van der Waals surface area contributed by atoms with Gasteiger partial charge in [-0.1, -0.05) is 44.2 Å². The topological polar surface area (TPSA) is 42.0 Å². The molecular formula is C16H17ClN2O. The van der Waals surface area contributed by atoms with Gasteiger partial charge in [0.2, 0.25) is 5.78 Å². The van der Waals surface area contributed by atoms with Gasteiger partial charge in [0.05, 0.1) is 0 Å². The van der Waals surface area contributed by atoms with E-state index in [0.29, 0.717) is 11.3 Å². The standard InChI is InChI=1S/C16H16N2O.ClH/c1-16(2)10-18-13-8-14(17-9-12(13)16)15(19)11-6-4-3-5-7-11;/h3-9,18H,10H2,1-2H3;1H. The predicted molar refractivity (Wildman–Crippen MR) is 82.9 cm³/mol. The fraction of sp³-hybridized carbons (Fsp3) is 0.250. The molecule has 1 N–H and O–H groups in total. The van der Waals surface area contributed by atoms with Gasteiger partial charge < -0.3 is 5.32 Å². The third-order valence-electron chi connectivity index (χ3n) is 3.62. The maximum Gasteiger partial charge on any atom is 0.211 e. The van der Waals surface area contributed by atoms with Crippen molar-refractivity contribution in [3.05, 3.63) is 59.4 Å². The number of benzene rings is 1. The van der Waals surface area contributed by atoms with Crippen molar-refractivity contribution in [3.63, 3.8) is 0 Å². The summed E-state index contributed by atoms with van der Waals surface area (Å²) in [6.07, 6.45) is 1.82. The van der Waals surface area contributed by atoms with E-state index in [1.54, 1.807) is 0 Å². The summed E-state index contributed by atoms with van der Waals surface area (Å²) >= 11 is 0. The Morgan fingerprint density at radius 1 is 1.25 bits per heavy atom. The summed E-state index contributed by atoms with van der Waals surface area (Å²) in [4.78, 5) is 16.6. The molecule has 0 saturated heterocycles. The minimum Gasteiger partial charge on any atom is -0.384 e. The second-order valence-electron chi connectivity index (χ2n) is 5.55. The Hall–Kier alpha value is -1.87. The van der Waals surface area contributed by atoms with Gasteiger partial charge in [-0.3, -0.25) is 9.78 Å². The molecule has 0 fully saturated rings. The number of carbonyl (C=O) groups is 1. The number of rotatable bonds is 2. The van der Waals surface area contributed by atoms with Crippen molar-refractivity contribution < 1.29 is 4.79 Å². The van der Waals surface area contributed by atoms with E-state index >= 15 is 0 Å². The van der Waals surface area contributed by atoms with Crippen molar-refractivity contribution >= 4 is 23.9 Å². The lowest BCUT2D eigenvalue weighted by Crippen LogP contribution is -2.19. The number of fused-ring (bicyclic) bond motifs is 1. The largest absolute Gasteiger partial charge is 0.384 e. The number of hydrogen-bond donors (Lipinski definition) is 1. The number of carbonyl (C=O) groups excluding carboxylic acids is 1. The van der Waals surface area contributed by atoms with Crippen LogP contribution in [0.5, 0.6) is 0 Å². The van der Waals surface area contributed by atoms with Gasteiger partial charge in [-0.2, -0.15) is 0 Å². The number of aromatic nitrogens is 1. The van der Waals surface area contributed by atoms with Gasteiger partial charge >= 0.3 is 0 Å². The number of halogens is 1. The molecule has 0 radical (unpaired) electrons. The highest BCUT2D eigenvalue weighted by molar-refractivity contribution is 6.08. The molecule has 0 unspecified atom stereocenters. The first-order valence-corrected chi connectivity index (χ1v) is 6.42. The molecule has 0 bridgehead atoms. The Morgan fingerprint density at radius 2 is 1.95 bits per heavy atom. The van der Waals surface area contributed by atoms with Gasteiger partial charge in [-0.25, -0.2) is 0 Å². The summed E-state index contributed by atoms with van der Waals surface area (Å²) in [5.74, 6) is -0.0325. The van der Waals surface area contributed by atoms with Crippen LogP contribution in [0.15, 0.2) is 42.6 Å². The van der Waals surface area contributed by atoms with Crippen LogP contribution < -0.4 is 5.32 Å². The fourth-order valence-electron chi connectivity index (χ4n) is 2.41. The first kappa shape index (κ1) is 14.5. The first-order valence-electron chi connectivity index (χ1n) is 6.42. The number of nitrogens with one attached hydrogen (secondary N) is 1. The van der Waals surface area contributed by atoms with Crippen molar-refractivity contribution in [3.8, 4) is 0 Å². The minimum atomic E-state index is -0.0325. The summed E-state index contributed by atoms with van der Waals surface area (Å²) in [5, 5.41) is 3.34. The molecule has 104 valence electrons. The normalized spacial score (nSPS) is 14.9. The Bertz CT molecular complexity index is 638. The number of hydrogen-bond acceptors (Lipinski definition) is 3. The van der Waals surface area contributed by atoms with E-state index in [2.05, 4.69) is 24.1 Å². The van der Waals surface area contributed by atoms with Gasteiger partial charge in [0, 0.05) is 35.0 Å². The summed E-state index contributed by atoms with van der Waals surface area (Å²) in [5.41, 5.74) is 3.45. The lowest BCUT2D eigenvalue weighted by Gasteiger charge is -2.16. The molecule has 0 amide bonds. The number of ketones is 1. The number of anilines is 1. The third-order valence-corrected chi connectivity index (χ3v) is 3.62. The molecule has 2 heterocycles. The van der Waals surface area contributed by atoms with Crippen LogP contribution in [0, 0.1) is 0 Å². The number of nitrogens with zero attached hydrogens (tertiary/aromatic N) is 1. The van der Waals surface area contributed by atoms with Gasteiger partial charge in [0.15, 0.2) is 0 Å². The maximum absolute atomic E-state index is 12.3. The molecule has 1 aromatic heterocycles. The summed E-state index contributed by atoms with van der Waals surface area (Å²) in [6, 6.07) is 11.1. The summed E-state index contributed by atoms with van der Waals surface area (Å²) < 4.78 is 0. The molecule has 0 spiro atoms. The second-order valence-corrected chi connectivity index (χ2v) is 5.55. The van der Waals surface area contributed by atoms with E-state index in [1.165, 1.54) is 5.56 Å². The average molecular weight is 289 g/mol. The van der Waals surface area contributed by atoms with Gasteiger partial charge in [-0.05, 0) is 6.07 Å². The van der Waals surface area contributed by atoms with E-state index in [-0.39, 0.29) is 23.6 Å². The molecule has 0 saturated carbocycles. The minimum absolute atomic E-state index is 0. The zero-order valence-electron chi connectivity index (χ0n) is 11.5. The second kappa shape index (κ2) is 5.25. The van der Waals surface area contributed by atoms with Crippen LogP contribution in [0.3, 0.4) is 0 Å². The van der Waals surface area contributed by atoms with Crippen LogP contribution >= 0.6 is 12.4 Å². The first-order chi connectivity index (χ1) is 9.08. The Kier molecular flexibility index (Phi) is 3.82. The number of pyridine rings is 1. The van der Waals surface area contributed by atoms with Crippen molar-refractivity contribution in [2.24, 2.45) is 0 Å². The lowest BCUT2D eigenvalue weighted by molar-refractivity contribution is 0.103. The SMILES string of the molecule is CC1(C)CNc2cc(C(=O)c3ccccc3)ncc21.Cl. The van der Waals surface area contributed by atoms with Gasteiger partial charge in [0.1, 0.15) is 5.69 Å². The maximum atomic E-state index is 12.3. The van der Waals surface area contributed by atoms with E-state index in [4.69, 9.17) is 0 Å². The predicted octanol–water partition coefficient (Wildman–Crippen LogP) is 3.44. The lowest BCUT2D eigenvalue weighted by atomic mass is 9.88. The van der Waals surface area contributed by atoms with E-state index < -0.39 is 0 Å². The van der Waals surface area contributed by atoms with Crippen LogP contribution in [0.1, 0.15) is 35.5 Å². The van der Waals surface area contributed by atoms with Crippen molar-refractivity contribution in [1.82, 2.24) is 4.98 Å². The quantitative estimate of drug-likeness (QED) is 0.861. The zero-order valence-corrected chi connectivity index (χ0v) is 12.3. The molecular weight excluding hydrogens is 272 g/mol. The summed E-state index contributed by atoms with van der Waals surface area (Å²) in [6.45, 7) is 5.23. The molecule has 0 atom stereocenters. The zero-order chi connectivity index (χ0) is 13.5. The molecule has 20 heavy (non-hydrogen) atoms. The van der Waals surface area contributed by atoms with Crippen molar-refractivity contribution in [2.45, 2.75) is 19.3 Å². The Balaban J connectivity index is 0.00000147. The molecule has 3 nitrogen and oxygen atoms in total. The molecule has 1 aliphatic heterocycles. The molecule has 3 rings (SSSR count). The van der Waals surface area contributed by atoms with Gasteiger partial charge in [0.25, 0.3) is 0 Å². The van der Waals surface area contributed by atoms with Crippen molar-refractivity contribution in [2.75, 3.05) is 11.9 Å². The van der Waals surface area contributed by atoms with Crippen molar-refractivity contribution in [1.29, 1.82) is 0 Å². The highest BCUT2D eigenvalue weighted by atomic mass is 35.5. The highest BCUT2D eigenvalue weighted by Crippen LogP contribution is 2.35. The van der Waals surface area contributed by atoms with Crippen LogP contribution in [-0.4, -0.2) is 17.3 Å².